The first-order chi connectivity index (χ1) is 18.3. The van der Waals surface area contributed by atoms with Gasteiger partial charge in [0.25, 0.3) is 0 Å². The number of carboxylic acid groups (broad SMARTS) is 1. The Hall–Kier alpha value is -3.38. The van der Waals surface area contributed by atoms with Crippen LogP contribution in [0.5, 0.6) is 0 Å². The van der Waals surface area contributed by atoms with Crippen LogP contribution in [0.4, 0.5) is 8.78 Å². The van der Waals surface area contributed by atoms with E-state index in [9.17, 15) is 14.3 Å². The van der Waals surface area contributed by atoms with Gasteiger partial charge in [-0.2, -0.15) is 0 Å². The van der Waals surface area contributed by atoms with Crippen molar-refractivity contribution in [2.75, 3.05) is 26.3 Å². The number of fused-ring (bicyclic) bond motifs is 1. The Morgan fingerprint density at radius 3 is 2.55 bits per heavy atom. The lowest BCUT2D eigenvalue weighted by atomic mass is 9.85. The number of nitrogens with zero attached hydrogens (tertiary/aromatic N) is 2. The molecule has 198 valence electrons. The lowest BCUT2D eigenvalue weighted by Gasteiger charge is -2.39. The lowest BCUT2D eigenvalue weighted by molar-refractivity contribution is 0.0696. The lowest BCUT2D eigenvalue weighted by Crippen LogP contribution is -2.48. The molecule has 0 radical (unpaired) electrons. The zero-order chi connectivity index (χ0) is 26.8. The average molecular weight is 517 g/mol. The summed E-state index contributed by atoms with van der Waals surface area (Å²) in [5, 5.41) is 9.57. The smallest absolute Gasteiger partial charge is 0.335 e. The third kappa shape index (κ3) is 5.41. The fourth-order valence-electron chi connectivity index (χ4n) is 5.98. The molecule has 2 heterocycles. The number of carboxylic acids is 1. The summed E-state index contributed by atoms with van der Waals surface area (Å²) in [4.78, 5) is 18.6. The Kier molecular flexibility index (Phi) is 7.70. The van der Waals surface area contributed by atoms with Gasteiger partial charge in [-0.3, -0.25) is 9.37 Å². The molecule has 38 heavy (non-hydrogen) atoms. The number of aromatic nitrogens is 1. The number of carbonyl (C=O) groups is 1. The van der Waals surface area contributed by atoms with Crippen LogP contribution < -0.4 is 0 Å². The number of aromatic carboxylic acids is 1. The molecule has 1 N–H and O–H groups in total. The van der Waals surface area contributed by atoms with Gasteiger partial charge in [0.2, 0.25) is 0 Å². The SMILES string of the molecule is Cc1ccc(C2=C(c3ccc(CC4CN(CCCF)C4)c(F)c3)c3ccc(C(=O)O)cc3CCC2)c(C)n1. The van der Waals surface area contributed by atoms with Crippen molar-refractivity contribution < 1.29 is 18.7 Å². The maximum Gasteiger partial charge on any atom is 0.335 e. The molecular formula is C32H34F2N2O2. The van der Waals surface area contributed by atoms with E-state index in [1.807, 2.05) is 38.1 Å². The highest BCUT2D eigenvalue weighted by Gasteiger charge is 2.28. The first-order valence-electron chi connectivity index (χ1n) is 13.5. The largest absolute Gasteiger partial charge is 0.478 e. The molecule has 3 aromatic rings. The molecule has 1 saturated heterocycles. The fourth-order valence-corrected chi connectivity index (χ4v) is 5.98. The molecule has 1 aliphatic heterocycles. The molecule has 4 nitrogen and oxygen atoms in total. The van der Waals surface area contributed by atoms with Crippen molar-refractivity contribution in [3.05, 3.63) is 99.1 Å². The number of likely N-dealkylation sites (tertiary alicyclic amines) is 1. The van der Waals surface area contributed by atoms with E-state index in [0.29, 0.717) is 24.3 Å². The van der Waals surface area contributed by atoms with Gasteiger partial charge in [-0.1, -0.05) is 24.3 Å². The van der Waals surface area contributed by atoms with Gasteiger partial charge in [0, 0.05) is 31.0 Å². The Bertz CT molecular complexity index is 1390. The van der Waals surface area contributed by atoms with Crippen LogP contribution in [0, 0.1) is 25.6 Å². The number of allylic oxidation sites excluding steroid dienone is 1. The highest BCUT2D eigenvalue weighted by atomic mass is 19.1. The summed E-state index contributed by atoms with van der Waals surface area (Å²) >= 11 is 0. The molecule has 0 spiro atoms. The van der Waals surface area contributed by atoms with Gasteiger partial charge in [0.15, 0.2) is 0 Å². The van der Waals surface area contributed by atoms with Gasteiger partial charge < -0.3 is 10.0 Å². The molecule has 0 saturated carbocycles. The summed E-state index contributed by atoms with van der Waals surface area (Å²) in [6, 6.07) is 14.9. The standard InChI is InChI=1S/C32H34F2N2O2/c1-20-7-11-27(21(2)35-20)29-6-3-5-23-16-26(32(37)38)10-12-28(23)31(29)25-9-8-24(30(34)17-25)15-22-18-36(19-22)14-4-13-33/h7-12,16-17,22H,3-6,13-15,18-19H2,1-2H3,(H,37,38). The van der Waals surface area contributed by atoms with Crippen molar-refractivity contribution in [1.82, 2.24) is 9.88 Å². The van der Waals surface area contributed by atoms with Crippen LogP contribution in [0.15, 0.2) is 48.5 Å². The zero-order valence-corrected chi connectivity index (χ0v) is 22.1. The van der Waals surface area contributed by atoms with Gasteiger partial charge in [-0.25, -0.2) is 9.18 Å². The number of alkyl halides is 1. The van der Waals surface area contributed by atoms with Crippen molar-refractivity contribution in [3.8, 4) is 0 Å². The predicted molar refractivity (Wildman–Crippen MR) is 147 cm³/mol. The summed E-state index contributed by atoms with van der Waals surface area (Å²) in [7, 11) is 0. The number of hydrogen-bond acceptors (Lipinski definition) is 3. The van der Waals surface area contributed by atoms with Crippen LogP contribution in [0.2, 0.25) is 0 Å². The topological polar surface area (TPSA) is 53.4 Å². The minimum Gasteiger partial charge on any atom is -0.478 e. The zero-order valence-electron chi connectivity index (χ0n) is 22.1. The van der Waals surface area contributed by atoms with E-state index in [-0.39, 0.29) is 18.1 Å². The molecule has 1 fully saturated rings. The van der Waals surface area contributed by atoms with E-state index < -0.39 is 5.97 Å². The Morgan fingerprint density at radius 1 is 1.05 bits per heavy atom. The summed E-state index contributed by atoms with van der Waals surface area (Å²) in [5.74, 6) is -0.779. The van der Waals surface area contributed by atoms with E-state index in [2.05, 4.69) is 11.0 Å². The monoisotopic (exact) mass is 516 g/mol. The number of benzene rings is 2. The number of halogens is 2. The van der Waals surface area contributed by atoms with Crippen molar-refractivity contribution in [2.45, 2.75) is 46.0 Å². The van der Waals surface area contributed by atoms with Crippen molar-refractivity contribution in [1.29, 1.82) is 0 Å². The highest BCUT2D eigenvalue weighted by Crippen LogP contribution is 2.41. The van der Waals surface area contributed by atoms with Crippen LogP contribution >= 0.6 is 0 Å². The molecule has 0 amide bonds. The van der Waals surface area contributed by atoms with Crippen LogP contribution in [0.1, 0.15) is 68.8 Å². The second kappa shape index (κ2) is 11.2. The second-order valence-corrected chi connectivity index (χ2v) is 10.6. The van der Waals surface area contributed by atoms with E-state index in [1.165, 1.54) is 0 Å². The van der Waals surface area contributed by atoms with Crippen LogP contribution in [-0.4, -0.2) is 47.3 Å². The number of pyridine rings is 1. The predicted octanol–water partition coefficient (Wildman–Crippen LogP) is 6.67. The van der Waals surface area contributed by atoms with E-state index in [1.54, 1.807) is 18.2 Å². The number of rotatable bonds is 8. The van der Waals surface area contributed by atoms with Crippen LogP contribution in [-0.2, 0) is 12.8 Å². The van der Waals surface area contributed by atoms with Gasteiger partial charge in [0.1, 0.15) is 5.82 Å². The molecule has 0 unspecified atom stereocenters. The van der Waals surface area contributed by atoms with Crippen LogP contribution in [0.3, 0.4) is 0 Å². The molecule has 1 aliphatic carbocycles. The quantitative estimate of drug-likeness (QED) is 0.364. The van der Waals surface area contributed by atoms with Gasteiger partial charge in [0.05, 0.1) is 12.2 Å². The summed E-state index contributed by atoms with van der Waals surface area (Å²) in [6.07, 6.45) is 3.63. The van der Waals surface area contributed by atoms with Gasteiger partial charge >= 0.3 is 5.97 Å². The molecule has 0 atom stereocenters. The molecular weight excluding hydrogens is 482 g/mol. The Balaban J connectivity index is 1.55. The van der Waals surface area contributed by atoms with Crippen molar-refractivity contribution in [3.63, 3.8) is 0 Å². The van der Waals surface area contributed by atoms with Gasteiger partial charge in [-0.15, -0.1) is 0 Å². The molecule has 2 aromatic carbocycles. The summed E-state index contributed by atoms with van der Waals surface area (Å²) in [6.45, 7) is 6.21. The first kappa shape index (κ1) is 26.2. The maximum atomic E-state index is 15.6. The maximum absolute atomic E-state index is 15.6. The van der Waals surface area contributed by atoms with Crippen molar-refractivity contribution >= 4 is 17.1 Å². The third-order valence-electron chi connectivity index (χ3n) is 7.84. The molecule has 5 rings (SSSR count). The number of aryl methyl sites for hydroxylation is 3. The number of hydrogen-bond donors (Lipinski definition) is 1. The fraction of sp³-hybridized carbons (Fsp3) is 0.375. The second-order valence-electron chi connectivity index (χ2n) is 10.6. The van der Waals surface area contributed by atoms with E-state index in [4.69, 9.17) is 4.98 Å². The van der Waals surface area contributed by atoms with Crippen molar-refractivity contribution in [2.24, 2.45) is 5.92 Å². The summed E-state index contributed by atoms with van der Waals surface area (Å²) in [5.41, 5.74) is 8.69. The first-order valence-corrected chi connectivity index (χ1v) is 13.5. The van der Waals surface area contributed by atoms with E-state index >= 15 is 4.39 Å². The Labute approximate surface area is 223 Å². The average Bonchev–Trinajstić information content (AvgIpc) is 3.05. The molecule has 0 bridgehead atoms. The molecule has 1 aromatic heterocycles. The summed E-state index contributed by atoms with van der Waals surface area (Å²) < 4.78 is 28.0. The minimum absolute atomic E-state index is 0.219. The van der Waals surface area contributed by atoms with E-state index in [0.717, 1.165) is 83.7 Å². The van der Waals surface area contributed by atoms with Gasteiger partial charge in [-0.05, 0) is 115 Å². The minimum atomic E-state index is -0.948. The third-order valence-corrected chi connectivity index (χ3v) is 7.84. The van der Waals surface area contributed by atoms with Crippen LogP contribution in [0.25, 0.3) is 11.1 Å². The normalized spacial score (nSPS) is 16.2. The molecule has 6 heteroatoms. The Morgan fingerprint density at radius 2 is 1.84 bits per heavy atom. The molecule has 2 aliphatic rings. The highest BCUT2D eigenvalue weighted by molar-refractivity contribution is 6.01.